The van der Waals surface area contributed by atoms with Crippen LogP contribution in [-0.2, 0) is 9.59 Å². The number of rotatable bonds is 6. The van der Waals surface area contributed by atoms with Crippen molar-refractivity contribution in [3.63, 3.8) is 0 Å². The highest BCUT2D eigenvalue weighted by molar-refractivity contribution is 8.15. The lowest BCUT2D eigenvalue weighted by molar-refractivity contribution is -0.384. The Hall–Kier alpha value is -3.18. The van der Waals surface area contributed by atoms with Gasteiger partial charge in [-0.25, -0.2) is 0 Å². The number of nitrogens with zero attached hydrogens (tertiary/aromatic N) is 3. The third-order valence-corrected chi connectivity index (χ3v) is 4.91. The van der Waals surface area contributed by atoms with Crippen molar-refractivity contribution >= 4 is 52.3 Å². The van der Waals surface area contributed by atoms with Crippen LogP contribution in [-0.4, -0.2) is 38.5 Å². The molecular formula is C16H11ClN4O6S. The number of nitrogens with one attached hydrogen (secondary N) is 1. The number of hydrogen-bond donors (Lipinski definition) is 2. The molecule has 0 saturated carbocycles. The maximum atomic E-state index is 11.6. The summed E-state index contributed by atoms with van der Waals surface area (Å²) in [5.41, 5.74) is 0.351. The molecule has 1 aliphatic rings. The summed E-state index contributed by atoms with van der Waals surface area (Å²) in [4.78, 5) is 32.5. The molecule has 1 unspecified atom stereocenters. The third kappa shape index (κ3) is 4.56. The number of carboxylic acids is 1. The number of thioether (sulfide) groups is 1. The summed E-state index contributed by atoms with van der Waals surface area (Å²) in [5.74, 6) is -0.788. The smallest absolute Gasteiger partial charge is 0.305 e. The zero-order valence-electron chi connectivity index (χ0n) is 13.9. The predicted octanol–water partition coefficient (Wildman–Crippen LogP) is 2.90. The number of nitro groups is 1. The zero-order chi connectivity index (χ0) is 20.3. The number of benzene rings is 1. The quantitative estimate of drug-likeness (QED) is 0.413. The number of amidine groups is 1. The van der Waals surface area contributed by atoms with Gasteiger partial charge in [0.25, 0.3) is 5.69 Å². The van der Waals surface area contributed by atoms with Crippen molar-refractivity contribution in [3.05, 3.63) is 51.2 Å². The second-order valence-corrected chi connectivity index (χ2v) is 7.07. The molecule has 144 valence electrons. The Morgan fingerprint density at radius 3 is 2.89 bits per heavy atom. The molecule has 0 bridgehead atoms. The number of carbonyl (C=O) groups is 2. The monoisotopic (exact) mass is 422 g/mol. The van der Waals surface area contributed by atoms with E-state index in [9.17, 15) is 19.7 Å². The van der Waals surface area contributed by atoms with Crippen LogP contribution in [0.4, 0.5) is 5.69 Å². The fourth-order valence-corrected chi connectivity index (χ4v) is 3.45. The Balaban J connectivity index is 1.69. The standard InChI is InChI=1S/C16H11ClN4O6S/c17-11-5-8(21(25)26)1-3-10(11)12-4-2-9(27-12)7-18-20-16-19-15(24)13(28-16)6-14(22)23/h1-5,7,13H,6H2,(H,22,23)(H,19,20,24)/b18-7+. The van der Waals surface area contributed by atoms with Gasteiger partial charge in [0.15, 0.2) is 5.17 Å². The SMILES string of the molecule is O=C(O)CC1S/C(=N/N=C/c2ccc(-c3ccc([N+](=O)[O-])cc3Cl)o2)NC1=O. The summed E-state index contributed by atoms with van der Waals surface area (Å²) >= 11 is 7.05. The number of carbonyl (C=O) groups excluding carboxylic acids is 1. The molecule has 0 radical (unpaired) electrons. The lowest BCUT2D eigenvalue weighted by Crippen LogP contribution is -2.26. The van der Waals surface area contributed by atoms with Gasteiger partial charge < -0.3 is 14.8 Å². The minimum atomic E-state index is -1.08. The van der Waals surface area contributed by atoms with E-state index in [2.05, 4.69) is 15.5 Å². The van der Waals surface area contributed by atoms with E-state index >= 15 is 0 Å². The van der Waals surface area contributed by atoms with Crippen molar-refractivity contribution in [2.24, 2.45) is 10.2 Å². The molecule has 12 heteroatoms. The Bertz CT molecular complexity index is 1020. The van der Waals surface area contributed by atoms with Crippen LogP contribution < -0.4 is 5.32 Å². The largest absolute Gasteiger partial charge is 0.481 e. The summed E-state index contributed by atoms with van der Waals surface area (Å²) in [7, 11) is 0. The van der Waals surface area contributed by atoms with Crippen molar-refractivity contribution in [1.82, 2.24) is 5.32 Å². The Morgan fingerprint density at radius 1 is 1.43 bits per heavy atom. The van der Waals surface area contributed by atoms with Gasteiger partial charge in [0, 0.05) is 17.7 Å². The lowest BCUT2D eigenvalue weighted by Gasteiger charge is -2.00. The molecule has 1 atom stereocenters. The first kappa shape index (κ1) is 19.6. The van der Waals surface area contributed by atoms with E-state index in [1.807, 2.05) is 0 Å². The van der Waals surface area contributed by atoms with Crippen LogP contribution >= 0.6 is 23.4 Å². The topological polar surface area (TPSA) is 147 Å². The average Bonchev–Trinajstić information content (AvgIpc) is 3.21. The average molecular weight is 423 g/mol. The first-order chi connectivity index (χ1) is 13.3. The lowest BCUT2D eigenvalue weighted by atomic mass is 10.1. The third-order valence-electron chi connectivity index (χ3n) is 3.53. The maximum Gasteiger partial charge on any atom is 0.305 e. The molecule has 2 N–H and O–H groups in total. The highest BCUT2D eigenvalue weighted by Gasteiger charge is 2.32. The summed E-state index contributed by atoms with van der Waals surface area (Å²) in [6.45, 7) is 0. The number of non-ortho nitro benzene ring substituents is 1. The molecule has 2 heterocycles. The van der Waals surface area contributed by atoms with Gasteiger partial charge >= 0.3 is 5.97 Å². The van der Waals surface area contributed by atoms with Gasteiger partial charge in [0.2, 0.25) is 5.91 Å². The van der Waals surface area contributed by atoms with Crippen molar-refractivity contribution < 1.29 is 24.0 Å². The predicted molar refractivity (Wildman–Crippen MR) is 103 cm³/mol. The minimum absolute atomic E-state index is 0.129. The normalized spacial score (nSPS) is 18.0. The molecule has 3 rings (SSSR count). The van der Waals surface area contributed by atoms with Gasteiger partial charge in [-0.1, -0.05) is 23.4 Å². The Morgan fingerprint density at radius 2 is 2.21 bits per heavy atom. The van der Waals surface area contributed by atoms with Crippen LogP contribution in [0.2, 0.25) is 5.02 Å². The van der Waals surface area contributed by atoms with Crippen LogP contribution in [0.25, 0.3) is 11.3 Å². The van der Waals surface area contributed by atoms with Crippen LogP contribution in [0.1, 0.15) is 12.2 Å². The van der Waals surface area contributed by atoms with Gasteiger partial charge in [-0.3, -0.25) is 19.7 Å². The Kier molecular flexibility index (Phi) is 5.76. The second-order valence-electron chi connectivity index (χ2n) is 5.47. The Labute approximate surface area is 166 Å². The van der Waals surface area contributed by atoms with E-state index in [0.717, 1.165) is 11.8 Å². The molecule has 0 aliphatic carbocycles. The second kappa shape index (κ2) is 8.23. The van der Waals surface area contributed by atoms with Crippen molar-refractivity contribution in [3.8, 4) is 11.3 Å². The van der Waals surface area contributed by atoms with E-state index in [0.29, 0.717) is 17.1 Å². The number of aliphatic carboxylic acids is 1. The summed E-state index contributed by atoms with van der Waals surface area (Å²) < 4.78 is 5.57. The molecule has 1 saturated heterocycles. The summed E-state index contributed by atoms with van der Waals surface area (Å²) in [6.07, 6.45) is 0.990. The van der Waals surface area contributed by atoms with E-state index < -0.39 is 22.0 Å². The highest BCUT2D eigenvalue weighted by Crippen LogP contribution is 2.32. The molecule has 28 heavy (non-hydrogen) atoms. The van der Waals surface area contributed by atoms with Crippen LogP contribution in [0.3, 0.4) is 0 Å². The van der Waals surface area contributed by atoms with Crippen LogP contribution in [0, 0.1) is 10.1 Å². The molecule has 0 spiro atoms. The van der Waals surface area contributed by atoms with Crippen molar-refractivity contribution in [2.75, 3.05) is 0 Å². The van der Waals surface area contributed by atoms with E-state index in [4.69, 9.17) is 21.1 Å². The molecule has 1 fully saturated rings. The van der Waals surface area contributed by atoms with Crippen LogP contribution in [0.5, 0.6) is 0 Å². The summed E-state index contributed by atoms with van der Waals surface area (Å²) in [6, 6.07) is 7.25. The zero-order valence-corrected chi connectivity index (χ0v) is 15.4. The van der Waals surface area contributed by atoms with E-state index in [-0.39, 0.29) is 22.3 Å². The fourth-order valence-electron chi connectivity index (χ4n) is 2.27. The van der Waals surface area contributed by atoms with Crippen molar-refractivity contribution in [1.29, 1.82) is 0 Å². The van der Waals surface area contributed by atoms with Gasteiger partial charge in [-0.15, -0.1) is 5.10 Å². The highest BCUT2D eigenvalue weighted by atomic mass is 35.5. The molecule has 1 aliphatic heterocycles. The number of nitro benzene ring substituents is 1. The molecule has 10 nitrogen and oxygen atoms in total. The first-order valence-electron chi connectivity index (χ1n) is 7.68. The van der Waals surface area contributed by atoms with Gasteiger partial charge in [-0.2, -0.15) is 5.10 Å². The van der Waals surface area contributed by atoms with E-state index in [1.165, 1.54) is 24.4 Å². The van der Waals surface area contributed by atoms with Gasteiger partial charge in [0.1, 0.15) is 16.8 Å². The van der Waals surface area contributed by atoms with E-state index in [1.54, 1.807) is 12.1 Å². The number of hydrogen-bond acceptors (Lipinski definition) is 8. The van der Waals surface area contributed by atoms with Gasteiger partial charge in [-0.05, 0) is 18.2 Å². The number of carboxylic acid groups (broad SMARTS) is 1. The number of amides is 1. The first-order valence-corrected chi connectivity index (χ1v) is 8.93. The maximum absolute atomic E-state index is 11.6. The number of furan rings is 1. The molecule has 2 aromatic rings. The van der Waals surface area contributed by atoms with Gasteiger partial charge in [0.05, 0.1) is 22.6 Å². The van der Waals surface area contributed by atoms with Crippen LogP contribution in [0.15, 0.2) is 45.0 Å². The van der Waals surface area contributed by atoms with Crippen molar-refractivity contribution in [2.45, 2.75) is 11.7 Å². The molecule has 1 aromatic carbocycles. The summed E-state index contributed by atoms with van der Waals surface area (Å²) in [5, 5.41) is 29.2. The molecular weight excluding hydrogens is 412 g/mol. The molecule has 1 aromatic heterocycles. The minimum Gasteiger partial charge on any atom is -0.481 e. The molecule has 1 amide bonds. The number of halogens is 1. The fraction of sp³-hybridized carbons (Fsp3) is 0.125.